The summed E-state index contributed by atoms with van der Waals surface area (Å²) in [6, 6.07) is 10.5. The second kappa shape index (κ2) is 4.29. The second-order valence-corrected chi connectivity index (χ2v) is 3.33. The highest BCUT2D eigenvalue weighted by Gasteiger charge is 1.98. The summed E-state index contributed by atoms with van der Waals surface area (Å²) in [7, 11) is 0. The lowest BCUT2D eigenvalue weighted by molar-refractivity contribution is 0.150. The molecule has 0 aliphatic heterocycles. The summed E-state index contributed by atoms with van der Waals surface area (Å²) in [5, 5.41) is 1.28. The van der Waals surface area contributed by atoms with E-state index in [9.17, 15) is 0 Å². The maximum atomic E-state index is 5.31. The molecular weight excluding hydrogens is 174 g/mol. The van der Waals surface area contributed by atoms with Gasteiger partial charge in [-0.1, -0.05) is 18.2 Å². The topological polar surface area (TPSA) is 25.0 Å². The van der Waals surface area contributed by atoms with E-state index in [1.165, 1.54) is 16.6 Å². The van der Waals surface area contributed by atoms with E-state index in [-0.39, 0.29) is 0 Å². The monoisotopic (exact) mass is 189 g/mol. The lowest BCUT2D eigenvalue weighted by Gasteiger charge is -1.97. The van der Waals surface area contributed by atoms with Gasteiger partial charge in [-0.2, -0.15) is 0 Å². The Hall–Kier alpha value is -1.28. The maximum Gasteiger partial charge on any atom is 0.0520 e. The number of ether oxygens (including phenoxy) is 1. The molecule has 0 spiro atoms. The molecule has 0 saturated heterocycles. The molecule has 0 amide bonds. The van der Waals surface area contributed by atoms with Crippen LogP contribution < -0.4 is 0 Å². The first-order chi connectivity index (χ1) is 6.90. The van der Waals surface area contributed by atoms with Gasteiger partial charge in [-0.15, -0.1) is 0 Å². The summed E-state index contributed by atoms with van der Waals surface area (Å²) in [5.41, 5.74) is 2.46. The van der Waals surface area contributed by atoms with Crippen LogP contribution >= 0.6 is 0 Å². The fraction of sp³-hybridized carbons (Fsp3) is 0.333. The number of rotatable bonds is 4. The van der Waals surface area contributed by atoms with Gasteiger partial charge in [-0.05, 0) is 24.4 Å². The van der Waals surface area contributed by atoms with Gasteiger partial charge < -0.3 is 9.72 Å². The maximum absolute atomic E-state index is 5.31. The van der Waals surface area contributed by atoms with Gasteiger partial charge in [0.2, 0.25) is 0 Å². The third kappa shape index (κ3) is 1.96. The number of hydrogen-bond acceptors (Lipinski definition) is 1. The van der Waals surface area contributed by atoms with E-state index >= 15 is 0 Å². The molecule has 14 heavy (non-hydrogen) atoms. The Labute approximate surface area is 83.9 Å². The summed E-state index contributed by atoms with van der Waals surface area (Å²) in [4.78, 5) is 3.37. The minimum Gasteiger partial charge on any atom is -0.381 e. The standard InChI is InChI=1S/C12H15NO/c1-2-14-8-7-11-9-10-5-3-4-6-12(10)13-11/h3-6,9,13H,2,7-8H2,1H3. The van der Waals surface area contributed by atoms with Crippen molar-refractivity contribution in [2.45, 2.75) is 13.3 Å². The number of benzene rings is 1. The van der Waals surface area contributed by atoms with Gasteiger partial charge in [0, 0.05) is 24.2 Å². The number of nitrogens with one attached hydrogen (secondary N) is 1. The molecule has 1 aromatic heterocycles. The lowest BCUT2D eigenvalue weighted by Crippen LogP contribution is -1.97. The number of hydrogen-bond donors (Lipinski definition) is 1. The minimum absolute atomic E-state index is 0.792. The van der Waals surface area contributed by atoms with Crippen molar-refractivity contribution in [1.82, 2.24) is 4.98 Å². The molecule has 0 bridgehead atoms. The van der Waals surface area contributed by atoms with Crippen molar-refractivity contribution in [3.05, 3.63) is 36.0 Å². The Balaban J connectivity index is 2.11. The van der Waals surface area contributed by atoms with Crippen LogP contribution in [0.1, 0.15) is 12.6 Å². The molecule has 2 heteroatoms. The van der Waals surface area contributed by atoms with Crippen LogP contribution in [0.3, 0.4) is 0 Å². The quantitative estimate of drug-likeness (QED) is 0.735. The molecule has 0 aliphatic rings. The Morgan fingerprint density at radius 3 is 2.93 bits per heavy atom. The highest BCUT2D eigenvalue weighted by molar-refractivity contribution is 5.80. The number of H-pyrrole nitrogens is 1. The van der Waals surface area contributed by atoms with E-state index in [2.05, 4.69) is 29.2 Å². The van der Waals surface area contributed by atoms with Crippen molar-refractivity contribution in [3.63, 3.8) is 0 Å². The number of para-hydroxylation sites is 1. The second-order valence-electron chi connectivity index (χ2n) is 3.33. The summed E-state index contributed by atoms with van der Waals surface area (Å²) in [6.45, 7) is 3.61. The van der Waals surface area contributed by atoms with Crippen molar-refractivity contribution < 1.29 is 4.74 Å². The lowest BCUT2D eigenvalue weighted by atomic mass is 10.2. The zero-order valence-electron chi connectivity index (χ0n) is 8.42. The third-order valence-corrected chi connectivity index (χ3v) is 2.31. The normalized spacial score (nSPS) is 10.9. The average molecular weight is 189 g/mol. The van der Waals surface area contributed by atoms with Crippen molar-refractivity contribution in [3.8, 4) is 0 Å². The first-order valence-corrected chi connectivity index (χ1v) is 5.04. The Morgan fingerprint density at radius 2 is 2.14 bits per heavy atom. The Kier molecular flexibility index (Phi) is 2.84. The van der Waals surface area contributed by atoms with Crippen LogP contribution in [0.2, 0.25) is 0 Å². The van der Waals surface area contributed by atoms with Gasteiger partial charge in [-0.25, -0.2) is 0 Å². The largest absolute Gasteiger partial charge is 0.381 e. The van der Waals surface area contributed by atoms with Crippen LogP contribution in [0.5, 0.6) is 0 Å². The van der Waals surface area contributed by atoms with E-state index in [0.29, 0.717) is 0 Å². The van der Waals surface area contributed by atoms with Crippen molar-refractivity contribution in [2.75, 3.05) is 13.2 Å². The van der Waals surface area contributed by atoms with Crippen LogP contribution in [0.4, 0.5) is 0 Å². The molecule has 1 N–H and O–H groups in total. The zero-order chi connectivity index (χ0) is 9.80. The van der Waals surface area contributed by atoms with Crippen LogP contribution in [0.25, 0.3) is 10.9 Å². The number of aromatic amines is 1. The summed E-state index contributed by atoms with van der Waals surface area (Å²) in [6.07, 6.45) is 0.961. The SMILES string of the molecule is CCOCCc1cc2ccccc2[nH]1. The predicted octanol–water partition coefficient (Wildman–Crippen LogP) is 2.75. The molecule has 0 radical (unpaired) electrons. The molecule has 74 valence electrons. The molecule has 1 heterocycles. The van der Waals surface area contributed by atoms with Crippen LogP contribution in [-0.2, 0) is 11.2 Å². The highest BCUT2D eigenvalue weighted by atomic mass is 16.5. The minimum atomic E-state index is 0.792. The fourth-order valence-corrected chi connectivity index (χ4v) is 1.59. The molecule has 2 rings (SSSR count). The molecule has 0 fully saturated rings. The molecule has 0 aliphatic carbocycles. The molecule has 0 saturated carbocycles. The van der Waals surface area contributed by atoms with Gasteiger partial charge in [0.25, 0.3) is 0 Å². The van der Waals surface area contributed by atoms with E-state index in [1.54, 1.807) is 0 Å². The molecule has 0 unspecified atom stereocenters. The summed E-state index contributed by atoms with van der Waals surface area (Å²) < 4.78 is 5.31. The Bertz CT molecular complexity index is 372. The molecule has 2 aromatic rings. The van der Waals surface area contributed by atoms with Gasteiger partial charge in [0.05, 0.1) is 6.61 Å². The molecule has 2 nitrogen and oxygen atoms in total. The highest BCUT2D eigenvalue weighted by Crippen LogP contribution is 2.14. The smallest absolute Gasteiger partial charge is 0.0520 e. The van der Waals surface area contributed by atoms with E-state index in [0.717, 1.165) is 19.6 Å². The van der Waals surface area contributed by atoms with E-state index in [1.807, 2.05) is 13.0 Å². The van der Waals surface area contributed by atoms with Crippen molar-refractivity contribution in [2.24, 2.45) is 0 Å². The fourth-order valence-electron chi connectivity index (χ4n) is 1.59. The van der Waals surface area contributed by atoms with Crippen molar-refractivity contribution >= 4 is 10.9 Å². The average Bonchev–Trinajstić information content (AvgIpc) is 2.60. The number of aromatic nitrogens is 1. The van der Waals surface area contributed by atoms with Crippen LogP contribution in [0, 0.1) is 0 Å². The molecule has 0 atom stereocenters. The summed E-state index contributed by atoms with van der Waals surface area (Å²) in [5.74, 6) is 0. The predicted molar refractivity (Wildman–Crippen MR) is 58.5 cm³/mol. The third-order valence-electron chi connectivity index (χ3n) is 2.31. The van der Waals surface area contributed by atoms with E-state index in [4.69, 9.17) is 4.74 Å². The van der Waals surface area contributed by atoms with Gasteiger partial charge in [0.1, 0.15) is 0 Å². The first-order valence-electron chi connectivity index (χ1n) is 5.04. The molecule has 1 aromatic carbocycles. The van der Waals surface area contributed by atoms with Gasteiger partial charge in [-0.3, -0.25) is 0 Å². The zero-order valence-corrected chi connectivity index (χ0v) is 8.42. The van der Waals surface area contributed by atoms with Crippen LogP contribution in [0.15, 0.2) is 30.3 Å². The molecular formula is C12H15NO. The number of fused-ring (bicyclic) bond motifs is 1. The van der Waals surface area contributed by atoms with Gasteiger partial charge >= 0.3 is 0 Å². The van der Waals surface area contributed by atoms with Crippen molar-refractivity contribution in [1.29, 1.82) is 0 Å². The van der Waals surface area contributed by atoms with Gasteiger partial charge in [0.15, 0.2) is 0 Å². The van der Waals surface area contributed by atoms with E-state index < -0.39 is 0 Å². The Morgan fingerprint density at radius 1 is 1.29 bits per heavy atom. The van der Waals surface area contributed by atoms with Crippen LogP contribution in [-0.4, -0.2) is 18.2 Å². The first kappa shape index (κ1) is 9.28. The summed E-state index contributed by atoms with van der Waals surface area (Å²) >= 11 is 0.